The molecule has 2 saturated carbocycles. The Morgan fingerprint density at radius 3 is 2.51 bits per heavy atom. The molecule has 0 radical (unpaired) electrons. The lowest BCUT2D eigenvalue weighted by Crippen LogP contribution is -2.52. The van der Waals surface area contributed by atoms with Crippen LogP contribution in [0.15, 0.2) is 59.1 Å². The van der Waals surface area contributed by atoms with Crippen molar-refractivity contribution in [1.82, 2.24) is 15.4 Å². The lowest BCUT2D eigenvalue weighted by Gasteiger charge is -2.40. The first kappa shape index (κ1) is 32.7. The Bertz CT molecular complexity index is 2110. The molecule has 2 aliphatic carbocycles. The first-order valence-electron chi connectivity index (χ1n) is 17.6. The van der Waals surface area contributed by atoms with E-state index in [9.17, 15) is 19.6 Å². The molecule has 8 rings (SSSR count). The van der Waals surface area contributed by atoms with Crippen LogP contribution in [0.25, 0.3) is 11.1 Å². The van der Waals surface area contributed by atoms with Crippen LogP contribution >= 0.6 is 0 Å². The molecule has 2 N–H and O–H groups in total. The van der Waals surface area contributed by atoms with Crippen molar-refractivity contribution in [2.75, 3.05) is 16.8 Å². The molecule has 4 aromatic rings. The summed E-state index contributed by atoms with van der Waals surface area (Å²) in [5.74, 6) is -0.647. The van der Waals surface area contributed by atoms with E-state index in [1.54, 1.807) is 6.07 Å². The largest absolute Gasteiger partial charge is 0.380 e. The van der Waals surface area contributed by atoms with Gasteiger partial charge in [-0.15, -0.1) is 0 Å². The molecule has 1 atom stereocenters. The van der Waals surface area contributed by atoms with Crippen molar-refractivity contribution in [3.05, 3.63) is 94.1 Å². The fraction of sp³-hybridized carbons (Fsp3) is 0.375. The number of anilines is 3. The van der Waals surface area contributed by atoms with Gasteiger partial charge in [0.15, 0.2) is 0 Å². The van der Waals surface area contributed by atoms with E-state index in [1.807, 2.05) is 13.8 Å². The van der Waals surface area contributed by atoms with Gasteiger partial charge in [0, 0.05) is 48.1 Å². The highest BCUT2D eigenvalue weighted by Crippen LogP contribution is 2.48. The average molecular weight is 687 g/mol. The summed E-state index contributed by atoms with van der Waals surface area (Å²) >= 11 is 0. The molecular weight excluding hydrogens is 647 g/mol. The number of aromatic nitrogens is 1. The summed E-state index contributed by atoms with van der Waals surface area (Å²) < 4.78 is 20.9. The molecule has 1 saturated heterocycles. The number of rotatable bonds is 9. The number of carbonyl (C=O) groups excluding carboxylic acids is 3. The topological polar surface area (TPSA) is 132 Å². The third-order valence-corrected chi connectivity index (χ3v) is 11.2. The first-order chi connectivity index (χ1) is 24.5. The Morgan fingerprint density at radius 1 is 1.08 bits per heavy atom. The Morgan fingerprint density at radius 2 is 1.84 bits per heavy atom. The molecule has 2 aliphatic heterocycles. The number of piperidine rings is 1. The van der Waals surface area contributed by atoms with Gasteiger partial charge in [-0.3, -0.25) is 19.7 Å². The van der Waals surface area contributed by atoms with E-state index in [2.05, 4.69) is 76.1 Å². The minimum Gasteiger partial charge on any atom is -0.380 e. The third kappa shape index (κ3) is 5.82. The second-order valence-corrected chi connectivity index (χ2v) is 14.6. The Balaban J connectivity index is 1.00. The highest BCUT2D eigenvalue weighted by Gasteiger charge is 2.45. The maximum absolute atomic E-state index is 15.4. The van der Waals surface area contributed by atoms with Crippen LogP contribution in [0.1, 0.15) is 77.0 Å². The lowest BCUT2D eigenvalue weighted by molar-refractivity contribution is -0.136. The lowest BCUT2D eigenvalue weighted by atomic mass is 9.79. The minimum absolute atomic E-state index is 0.0511. The molecule has 51 heavy (non-hydrogen) atoms. The standard InChI is InChI=1S/C40H39FN6O4/c1-22-4-5-26(37-23(2)45-51-24(37)3)17-35(22)46(30-8-6-28(7-9-30)40(21-42)12-13-40)19-25-14-29(15-25)43-33-16-27-20-47(39(50)31(27)18-32(33)41)34-10-11-36(48)44-38(34)49/h4-9,16-18,25,29,34,43H,10-15,19-20H2,1-3H3,(H,44,48,49). The molecule has 3 heterocycles. The van der Waals surface area contributed by atoms with Crippen molar-refractivity contribution >= 4 is 34.8 Å². The van der Waals surface area contributed by atoms with Crippen molar-refractivity contribution in [2.24, 2.45) is 5.92 Å². The van der Waals surface area contributed by atoms with Gasteiger partial charge in [-0.05, 0) is 111 Å². The van der Waals surface area contributed by atoms with Crippen LogP contribution in [0.4, 0.5) is 21.5 Å². The van der Waals surface area contributed by atoms with Gasteiger partial charge in [-0.1, -0.05) is 29.4 Å². The highest BCUT2D eigenvalue weighted by atomic mass is 19.1. The van der Waals surface area contributed by atoms with Crippen molar-refractivity contribution in [2.45, 2.75) is 83.3 Å². The zero-order valence-corrected chi connectivity index (χ0v) is 28.9. The van der Waals surface area contributed by atoms with Crippen LogP contribution in [0.5, 0.6) is 0 Å². The molecule has 3 fully saturated rings. The number of nitrogens with zero attached hydrogens (tertiary/aromatic N) is 4. The zero-order chi connectivity index (χ0) is 35.6. The summed E-state index contributed by atoms with van der Waals surface area (Å²) in [7, 11) is 0. The summed E-state index contributed by atoms with van der Waals surface area (Å²) in [5.41, 5.74) is 8.06. The van der Waals surface area contributed by atoms with Gasteiger partial charge < -0.3 is 19.6 Å². The van der Waals surface area contributed by atoms with Crippen LogP contribution in [0.3, 0.4) is 0 Å². The Kier molecular flexibility index (Phi) is 7.93. The SMILES string of the molecule is Cc1ccc(-c2c(C)noc2C)cc1N(CC1CC(Nc2cc3c(cc2F)C(=O)N(C2CCC(=O)NC2=O)C3)C1)c1ccc(C2(C#N)CC2)cc1. The minimum atomic E-state index is -0.747. The molecule has 260 valence electrons. The summed E-state index contributed by atoms with van der Waals surface area (Å²) in [5, 5.41) is 19.6. The highest BCUT2D eigenvalue weighted by molar-refractivity contribution is 6.05. The summed E-state index contributed by atoms with van der Waals surface area (Å²) in [6, 6.07) is 19.6. The number of imide groups is 1. The number of aryl methyl sites for hydroxylation is 3. The Labute approximate surface area is 295 Å². The number of benzene rings is 3. The van der Waals surface area contributed by atoms with Gasteiger partial charge in [0.2, 0.25) is 11.8 Å². The van der Waals surface area contributed by atoms with Crippen molar-refractivity contribution in [3.8, 4) is 17.2 Å². The van der Waals surface area contributed by atoms with Gasteiger partial charge in [0.05, 0.1) is 22.9 Å². The quantitative estimate of drug-likeness (QED) is 0.185. The van der Waals surface area contributed by atoms with Crippen LogP contribution in [0.2, 0.25) is 0 Å². The van der Waals surface area contributed by atoms with Crippen molar-refractivity contribution in [3.63, 3.8) is 0 Å². The van der Waals surface area contributed by atoms with Gasteiger partial charge in [0.1, 0.15) is 17.6 Å². The van der Waals surface area contributed by atoms with E-state index < -0.39 is 23.7 Å². The van der Waals surface area contributed by atoms with Crippen molar-refractivity contribution < 1.29 is 23.3 Å². The number of carbonyl (C=O) groups is 3. The Hall–Kier alpha value is -5.50. The molecule has 10 nitrogen and oxygen atoms in total. The van der Waals surface area contributed by atoms with E-state index >= 15 is 4.39 Å². The van der Waals surface area contributed by atoms with Crippen LogP contribution in [0, 0.1) is 43.8 Å². The normalized spacial score (nSPS) is 21.8. The zero-order valence-electron chi connectivity index (χ0n) is 28.9. The number of amides is 3. The summed E-state index contributed by atoms with van der Waals surface area (Å²) in [4.78, 5) is 41.0. The fourth-order valence-corrected chi connectivity index (χ4v) is 8.02. The number of nitriles is 1. The van der Waals surface area contributed by atoms with Gasteiger partial charge in [-0.25, -0.2) is 4.39 Å². The molecule has 3 aromatic carbocycles. The van der Waals surface area contributed by atoms with E-state index in [0.717, 1.165) is 77.3 Å². The molecule has 1 aromatic heterocycles. The molecule has 11 heteroatoms. The third-order valence-electron chi connectivity index (χ3n) is 11.2. The van der Waals surface area contributed by atoms with Crippen LogP contribution in [-0.4, -0.2) is 46.4 Å². The fourth-order valence-electron chi connectivity index (χ4n) is 8.02. The maximum atomic E-state index is 15.4. The van der Waals surface area contributed by atoms with Crippen LogP contribution in [-0.2, 0) is 21.5 Å². The van der Waals surface area contributed by atoms with E-state index in [-0.39, 0.29) is 42.3 Å². The number of hydrogen-bond acceptors (Lipinski definition) is 8. The predicted molar refractivity (Wildman–Crippen MR) is 189 cm³/mol. The molecular formula is C40H39FN6O4. The predicted octanol–water partition coefficient (Wildman–Crippen LogP) is 6.75. The van der Waals surface area contributed by atoms with E-state index in [0.29, 0.717) is 17.2 Å². The van der Waals surface area contributed by atoms with E-state index in [1.165, 1.54) is 11.0 Å². The number of halogens is 1. The molecule has 4 aliphatic rings. The molecule has 0 spiro atoms. The average Bonchev–Trinajstić information content (AvgIpc) is 3.75. The number of fused-ring (bicyclic) bond motifs is 1. The monoisotopic (exact) mass is 686 g/mol. The second kappa shape index (κ2) is 12.4. The molecule has 3 amide bonds. The van der Waals surface area contributed by atoms with Gasteiger partial charge >= 0.3 is 0 Å². The van der Waals surface area contributed by atoms with Gasteiger partial charge in [0.25, 0.3) is 5.91 Å². The van der Waals surface area contributed by atoms with E-state index in [4.69, 9.17) is 4.52 Å². The molecule has 1 unspecified atom stereocenters. The first-order valence-corrected chi connectivity index (χ1v) is 17.6. The molecule has 0 bridgehead atoms. The number of nitrogens with one attached hydrogen (secondary N) is 2. The van der Waals surface area contributed by atoms with Gasteiger partial charge in [-0.2, -0.15) is 5.26 Å². The maximum Gasteiger partial charge on any atom is 0.255 e. The van der Waals surface area contributed by atoms with Crippen molar-refractivity contribution in [1.29, 1.82) is 5.26 Å². The number of hydrogen-bond donors (Lipinski definition) is 2. The van der Waals surface area contributed by atoms with Crippen LogP contribution < -0.4 is 15.5 Å². The smallest absolute Gasteiger partial charge is 0.255 e. The summed E-state index contributed by atoms with van der Waals surface area (Å²) in [6.45, 7) is 6.91. The second-order valence-electron chi connectivity index (χ2n) is 14.6. The summed E-state index contributed by atoms with van der Waals surface area (Å²) in [6.07, 6.45) is 3.85.